The summed E-state index contributed by atoms with van der Waals surface area (Å²) in [6.45, 7) is 1.45. The maximum atomic E-state index is 9.29. The van der Waals surface area contributed by atoms with Crippen LogP contribution < -0.4 is 0 Å². The van der Waals surface area contributed by atoms with Crippen LogP contribution in [0.2, 0.25) is 0 Å². The first-order valence-corrected chi connectivity index (χ1v) is 3.05. The molecule has 56 valence electrons. The van der Waals surface area contributed by atoms with Crippen LogP contribution in [0.1, 0.15) is 13.3 Å². The number of hydrogen-bond donors (Lipinski definition) is 3. The Labute approximate surface area is 58.9 Å². The molecule has 0 aromatic rings. The van der Waals surface area contributed by atoms with Crippen molar-refractivity contribution in [3.8, 4) is 0 Å². The third-order valence-electron chi connectivity index (χ3n) is 1.54. The molecule has 3 N–H and O–H groups in total. The van der Waals surface area contributed by atoms with Gasteiger partial charge < -0.3 is 15.3 Å². The van der Waals surface area contributed by atoms with Crippen molar-refractivity contribution in [2.24, 2.45) is 0 Å². The van der Waals surface area contributed by atoms with E-state index in [1.165, 1.54) is 13.0 Å². The number of rotatable bonds is 0. The lowest BCUT2D eigenvalue weighted by molar-refractivity contribution is 0.0456. The van der Waals surface area contributed by atoms with Gasteiger partial charge in [0.15, 0.2) is 11.5 Å². The molecule has 1 atom stereocenters. The van der Waals surface area contributed by atoms with Gasteiger partial charge in [-0.2, -0.15) is 0 Å². The van der Waals surface area contributed by atoms with E-state index in [0.29, 0.717) is 6.42 Å². The van der Waals surface area contributed by atoms with Crippen LogP contribution in [-0.2, 0) is 0 Å². The van der Waals surface area contributed by atoms with Crippen LogP contribution in [-0.4, -0.2) is 20.9 Å². The largest absolute Gasteiger partial charge is 0.506 e. The maximum Gasteiger partial charge on any atom is 0.166 e. The van der Waals surface area contributed by atoms with E-state index in [1.54, 1.807) is 6.08 Å². The minimum atomic E-state index is -1.29. The molecule has 0 bridgehead atoms. The molecule has 3 nitrogen and oxygen atoms in total. The van der Waals surface area contributed by atoms with Crippen molar-refractivity contribution < 1.29 is 15.3 Å². The van der Waals surface area contributed by atoms with Gasteiger partial charge in [-0.15, -0.1) is 0 Å². The second-order valence-corrected chi connectivity index (χ2v) is 2.61. The molecule has 0 heterocycles. The zero-order valence-electron chi connectivity index (χ0n) is 5.70. The Morgan fingerprint density at radius 2 is 2.10 bits per heavy atom. The Morgan fingerprint density at radius 1 is 1.50 bits per heavy atom. The molecule has 1 aliphatic carbocycles. The van der Waals surface area contributed by atoms with Crippen molar-refractivity contribution in [3.63, 3.8) is 0 Å². The summed E-state index contributed by atoms with van der Waals surface area (Å²) >= 11 is 0. The standard InChI is InChI=1S/C7H10O3/c1-7(10)4-2-3-5(8)6(7)9/h2-3,8-10H,4H2,1H3. The summed E-state index contributed by atoms with van der Waals surface area (Å²) in [5.74, 6) is -0.605. The van der Waals surface area contributed by atoms with Gasteiger partial charge in [-0.3, -0.25) is 0 Å². The summed E-state index contributed by atoms with van der Waals surface area (Å²) in [5.41, 5.74) is -1.29. The van der Waals surface area contributed by atoms with Crippen molar-refractivity contribution in [1.29, 1.82) is 0 Å². The highest BCUT2D eigenvalue weighted by Crippen LogP contribution is 2.25. The topological polar surface area (TPSA) is 60.7 Å². The first-order chi connectivity index (χ1) is 4.54. The van der Waals surface area contributed by atoms with Gasteiger partial charge in [0.1, 0.15) is 5.60 Å². The van der Waals surface area contributed by atoms with Gasteiger partial charge in [0.2, 0.25) is 0 Å². The van der Waals surface area contributed by atoms with Crippen LogP contribution in [0.3, 0.4) is 0 Å². The fraction of sp³-hybridized carbons (Fsp3) is 0.429. The van der Waals surface area contributed by atoms with Crippen LogP contribution in [0, 0.1) is 0 Å². The molecular weight excluding hydrogens is 132 g/mol. The first-order valence-electron chi connectivity index (χ1n) is 3.05. The summed E-state index contributed by atoms with van der Waals surface area (Å²) in [7, 11) is 0. The normalized spacial score (nSPS) is 33.0. The summed E-state index contributed by atoms with van der Waals surface area (Å²) < 4.78 is 0. The van der Waals surface area contributed by atoms with Crippen molar-refractivity contribution in [2.45, 2.75) is 18.9 Å². The van der Waals surface area contributed by atoms with E-state index in [-0.39, 0.29) is 11.5 Å². The van der Waals surface area contributed by atoms with Gasteiger partial charge in [-0.1, -0.05) is 6.08 Å². The fourth-order valence-corrected chi connectivity index (χ4v) is 0.852. The van der Waals surface area contributed by atoms with E-state index < -0.39 is 5.60 Å². The summed E-state index contributed by atoms with van der Waals surface area (Å²) in [6, 6.07) is 0. The molecule has 0 aliphatic heterocycles. The minimum Gasteiger partial charge on any atom is -0.506 e. The molecule has 3 heteroatoms. The lowest BCUT2D eigenvalue weighted by atomic mass is 9.95. The van der Waals surface area contributed by atoms with Crippen LogP contribution in [0.4, 0.5) is 0 Å². The number of allylic oxidation sites excluding steroid dienone is 1. The molecule has 0 fully saturated rings. The predicted molar refractivity (Wildman–Crippen MR) is 36.7 cm³/mol. The monoisotopic (exact) mass is 142 g/mol. The van der Waals surface area contributed by atoms with Gasteiger partial charge in [0, 0.05) is 6.42 Å². The predicted octanol–water partition coefficient (Wildman–Crippen LogP) is 1.02. The van der Waals surface area contributed by atoms with E-state index in [0.717, 1.165) is 0 Å². The summed E-state index contributed by atoms with van der Waals surface area (Å²) in [5, 5.41) is 27.2. The quantitative estimate of drug-likeness (QED) is 0.473. The average molecular weight is 142 g/mol. The second kappa shape index (κ2) is 2.02. The third-order valence-corrected chi connectivity index (χ3v) is 1.54. The first kappa shape index (κ1) is 7.15. The molecule has 0 aromatic heterocycles. The Bertz CT molecular complexity index is 201. The smallest absolute Gasteiger partial charge is 0.166 e. The molecule has 0 amide bonds. The van der Waals surface area contributed by atoms with Crippen molar-refractivity contribution in [2.75, 3.05) is 0 Å². The van der Waals surface area contributed by atoms with E-state index in [9.17, 15) is 5.11 Å². The minimum absolute atomic E-state index is 0.253. The van der Waals surface area contributed by atoms with Gasteiger partial charge in [-0.05, 0) is 13.0 Å². The number of aliphatic hydroxyl groups excluding tert-OH is 2. The van der Waals surface area contributed by atoms with Crippen LogP contribution in [0.5, 0.6) is 0 Å². The highest BCUT2D eigenvalue weighted by atomic mass is 16.3. The second-order valence-electron chi connectivity index (χ2n) is 2.61. The SMILES string of the molecule is CC1(O)CC=CC(O)=C1O. The van der Waals surface area contributed by atoms with Crippen LogP contribution >= 0.6 is 0 Å². The van der Waals surface area contributed by atoms with Gasteiger partial charge in [-0.25, -0.2) is 0 Å². The maximum absolute atomic E-state index is 9.29. The molecule has 0 aromatic carbocycles. The lowest BCUT2D eigenvalue weighted by Crippen LogP contribution is -2.29. The number of aliphatic hydroxyl groups is 3. The molecule has 10 heavy (non-hydrogen) atoms. The Balaban J connectivity index is 2.99. The molecule has 0 radical (unpaired) electrons. The Morgan fingerprint density at radius 3 is 2.50 bits per heavy atom. The molecule has 1 unspecified atom stereocenters. The third kappa shape index (κ3) is 0.998. The van der Waals surface area contributed by atoms with Gasteiger partial charge in [0.25, 0.3) is 0 Å². The number of hydrogen-bond acceptors (Lipinski definition) is 3. The molecule has 1 rings (SSSR count). The molecule has 0 saturated heterocycles. The Kier molecular flexibility index (Phi) is 1.45. The van der Waals surface area contributed by atoms with Crippen LogP contribution in [0.15, 0.2) is 23.7 Å². The summed E-state index contributed by atoms with van der Waals surface area (Å²) in [4.78, 5) is 0. The molecule has 0 spiro atoms. The van der Waals surface area contributed by atoms with Crippen LogP contribution in [0.25, 0.3) is 0 Å². The zero-order valence-corrected chi connectivity index (χ0v) is 5.70. The average Bonchev–Trinajstić information content (AvgIpc) is 1.83. The highest BCUT2D eigenvalue weighted by Gasteiger charge is 2.29. The van der Waals surface area contributed by atoms with E-state index in [4.69, 9.17) is 10.2 Å². The van der Waals surface area contributed by atoms with E-state index in [2.05, 4.69) is 0 Å². The van der Waals surface area contributed by atoms with Crippen molar-refractivity contribution in [1.82, 2.24) is 0 Å². The highest BCUT2D eigenvalue weighted by molar-refractivity contribution is 5.26. The molecule has 0 saturated carbocycles. The summed E-state index contributed by atoms with van der Waals surface area (Å²) in [6.07, 6.45) is 3.31. The fourth-order valence-electron chi connectivity index (χ4n) is 0.852. The van der Waals surface area contributed by atoms with Gasteiger partial charge in [0.05, 0.1) is 0 Å². The van der Waals surface area contributed by atoms with E-state index >= 15 is 0 Å². The van der Waals surface area contributed by atoms with E-state index in [1.807, 2.05) is 0 Å². The van der Waals surface area contributed by atoms with Crippen molar-refractivity contribution in [3.05, 3.63) is 23.7 Å². The van der Waals surface area contributed by atoms with Crippen molar-refractivity contribution >= 4 is 0 Å². The van der Waals surface area contributed by atoms with Gasteiger partial charge >= 0.3 is 0 Å². The zero-order chi connectivity index (χ0) is 7.78. The molecule has 1 aliphatic rings. The molecular formula is C7H10O3. The Hall–Kier alpha value is -0.960. The lowest BCUT2D eigenvalue weighted by Gasteiger charge is -2.23.